The van der Waals surface area contributed by atoms with Gasteiger partial charge in [0.2, 0.25) is 9.84 Å². The lowest BCUT2D eigenvalue weighted by atomic mass is 9.94. The molecule has 0 amide bonds. The number of nitriles is 2. The third-order valence-corrected chi connectivity index (χ3v) is 12.6. The second-order valence-electron chi connectivity index (χ2n) is 14.7. The summed E-state index contributed by atoms with van der Waals surface area (Å²) in [5.74, 6) is 0. The van der Waals surface area contributed by atoms with E-state index in [1.54, 1.807) is 50.2 Å². The van der Waals surface area contributed by atoms with Gasteiger partial charge in [-0.3, -0.25) is 18.7 Å². The highest BCUT2D eigenvalue weighted by atomic mass is 32.2. The molecule has 0 bridgehead atoms. The number of benzene rings is 6. The molecule has 0 radical (unpaired) electrons. The van der Waals surface area contributed by atoms with E-state index in [9.17, 15) is 28.5 Å². The van der Waals surface area contributed by atoms with Gasteiger partial charge in [0.1, 0.15) is 12.1 Å². The Hall–Kier alpha value is -7.73. The second-order valence-corrected chi connectivity index (χ2v) is 16.6. The molecule has 59 heavy (non-hydrogen) atoms. The van der Waals surface area contributed by atoms with E-state index in [1.807, 2.05) is 74.5 Å². The lowest BCUT2D eigenvalue weighted by Gasteiger charge is -2.16. The summed E-state index contributed by atoms with van der Waals surface area (Å²) in [6.45, 7) is 7.49. The smallest absolute Gasteiger partial charge is 0.265 e. The van der Waals surface area contributed by atoms with Crippen molar-refractivity contribution in [1.82, 2.24) is 9.13 Å². The highest BCUT2D eigenvalue weighted by molar-refractivity contribution is 7.91. The second kappa shape index (κ2) is 14.3. The summed E-state index contributed by atoms with van der Waals surface area (Å²) in [6.07, 6.45) is 0. The Labute approximate surface area is 340 Å². The molecule has 0 aliphatic carbocycles. The van der Waals surface area contributed by atoms with Crippen LogP contribution in [0.15, 0.2) is 141 Å². The number of hydrogen-bond donors (Lipinski definition) is 2. The van der Waals surface area contributed by atoms with Crippen LogP contribution in [0.4, 0.5) is 11.4 Å². The molecule has 288 valence electrons. The predicted molar refractivity (Wildman–Crippen MR) is 233 cm³/mol. The summed E-state index contributed by atoms with van der Waals surface area (Å²) >= 11 is 0. The molecular formula is C48H36N6O4S. The molecule has 0 atom stereocenters. The number of pyridine rings is 2. The van der Waals surface area contributed by atoms with Gasteiger partial charge < -0.3 is 11.5 Å². The fourth-order valence-corrected chi connectivity index (χ4v) is 9.03. The summed E-state index contributed by atoms with van der Waals surface area (Å²) in [5.41, 5.74) is 19.7. The van der Waals surface area contributed by atoms with Crippen molar-refractivity contribution in [3.8, 4) is 45.8 Å². The zero-order chi connectivity index (χ0) is 41.9. The molecule has 4 N–H and O–H groups in total. The van der Waals surface area contributed by atoms with Gasteiger partial charge in [0.05, 0.1) is 43.1 Å². The highest BCUT2D eigenvalue weighted by Gasteiger charge is 2.22. The van der Waals surface area contributed by atoms with Gasteiger partial charge in [-0.1, -0.05) is 59.7 Å². The minimum atomic E-state index is -4.03. The van der Waals surface area contributed by atoms with Gasteiger partial charge in [-0.2, -0.15) is 10.5 Å². The Balaban J connectivity index is 1.13. The van der Waals surface area contributed by atoms with Gasteiger partial charge in [0.25, 0.3) is 11.1 Å². The topological polar surface area (TPSA) is 178 Å². The van der Waals surface area contributed by atoms with Crippen LogP contribution in [0.5, 0.6) is 0 Å². The number of nitrogens with zero attached hydrogens (tertiary/aromatic N) is 4. The van der Waals surface area contributed by atoms with Crippen LogP contribution >= 0.6 is 0 Å². The van der Waals surface area contributed by atoms with Crippen LogP contribution in [0.1, 0.15) is 33.6 Å². The number of anilines is 2. The zero-order valence-corrected chi connectivity index (χ0v) is 33.3. The molecule has 0 unspecified atom stereocenters. The normalized spacial score (nSPS) is 11.4. The third kappa shape index (κ3) is 6.31. The molecule has 0 fully saturated rings. The van der Waals surface area contributed by atoms with E-state index in [0.29, 0.717) is 44.7 Å². The molecule has 6 aromatic carbocycles. The Kier molecular flexibility index (Phi) is 9.27. The van der Waals surface area contributed by atoms with Gasteiger partial charge >= 0.3 is 0 Å². The van der Waals surface area contributed by atoms with Crippen molar-refractivity contribution in [2.45, 2.75) is 37.5 Å². The summed E-state index contributed by atoms with van der Waals surface area (Å²) in [6, 6.07) is 38.9. The predicted octanol–water partition coefficient (Wildman–Crippen LogP) is 8.60. The van der Waals surface area contributed by atoms with Crippen LogP contribution in [0.2, 0.25) is 0 Å². The summed E-state index contributed by atoms with van der Waals surface area (Å²) < 4.78 is 30.6. The highest BCUT2D eigenvalue weighted by Crippen LogP contribution is 2.36. The van der Waals surface area contributed by atoms with Crippen molar-refractivity contribution in [3.05, 3.63) is 176 Å². The maximum absolute atomic E-state index is 14.0. The summed E-state index contributed by atoms with van der Waals surface area (Å²) in [5, 5.41) is 21.7. The molecule has 10 nitrogen and oxygen atoms in total. The molecule has 0 aliphatic rings. The standard InChI is InChI=1S/C48H36N6O4S/c1-27-5-9-31(10-6-27)39-23-33-21-29(3)53(47(55)43(33)45(51)41(39)25-49)35-13-17-37(18-14-35)59(57,58)38-19-15-36(16-20-38)54-30(4)22-34-24-40(32-11-7-28(2)8-12-32)42(26-50)46(52)44(34)48(54)56/h5-24H,51-52H2,1-4H3. The van der Waals surface area contributed by atoms with E-state index in [2.05, 4.69) is 12.1 Å². The van der Waals surface area contributed by atoms with Crippen molar-refractivity contribution >= 4 is 42.8 Å². The fraction of sp³-hybridized carbons (Fsp3) is 0.0833. The molecule has 0 aliphatic heterocycles. The SMILES string of the molecule is Cc1ccc(-c2cc3cc(C)n(-c4ccc(S(=O)(=O)c5ccc(-n6c(C)cc7cc(-c8ccc(C)cc8)c(C#N)c(N)c7c6=O)cc5)cc4)c(=O)c3c(N)c2C#N)cc1. The average molecular weight is 793 g/mol. The van der Waals surface area contributed by atoms with E-state index in [4.69, 9.17) is 11.5 Å². The molecule has 8 aromatic rings. The Bertz CT molecular complexity index is 3150. The van der Waals surface area contributed by atoms with Crippen molar-refractivity contribution < 1.29 is 8.42 Å². The minimum Gasteiger partial charge on any atom is -0.397 e. The van der Waals surface area contributed by atoms with E-state index in [1.165, 1.54) is 33.4 Å². The number of hydrogen-bond acceptors (Lipinski definition) is 8. The van der Waals surface area contributed by atoms with Crippen molar-refractivity contribution in [1.29, 1.82) is 10.5 Å². The molecule has 0 spiro atoms. The number of sulfone groups is 1. The largest absolute Gasteiger partial charge is 0.397 e. The van der Waals surface area contributed by atoms with Gasteiger partial charge in [-0.25, -0.2) is 8.42 Å². The van der Waals surface area contributed by atoms with Gasteiger partial charge in [-0.05, 0) is 122 Å². The van der Waals surface area contributed by atoms with E-state index >= 15 is 0 Å². The Morgan fingerprint density at radius 3 is 1.17 bits per heavy atom. The first-order valence-corrected chi connectivity index (χ1v) is 20.1. The first-order chi connectivity index (χ1) is 28.2. The number of fused-ring (bicyclic) bond motifs is 2. The van der Waals surface area contributed by atoms with Crippen molar-refractivity contribution in [2.24, 2.45) is 0 Å². The van der Waals surface area contributed by atoms with Gasteiger partial charge in [0, 0.05) is 33.9 Å². The Morgan fingerprint density at radius 1 is 0.508 bits per heavy atom. The Morgan fingerprint density at radius 2 is 0.847 bits per heavy atom. The first-order valence-electron chi connectivity index (χ1n) is 18.6. The number of nitrogens with two attached hydrogens (primary N) is 2. The van der Waals surface area contributed by atoms with E-state index < -0.39 is 21.0 Å². The quantitative estimate of drug-likeness (QED) is 0.157. The molecule has 0 saturated carbocycles. The number of rotatable bonds is 6. The van der Waals surface area contributed by atoms with Crippen molar-refractivity contribution in [2.75, 3.05) is 11.5 Å². The first kappa shape index (κ1) is 38.2. The van der Waals surface area contributed by atoms with E-state index in [-0.39, 0.29) is 43.1 Å². The van der Waals surface area contributed by atoms with Crippen LogP contribution < -0.4 is 22.6 Å². The molecule has 8 rings (SSSR count). The average Bonchev–Trinajstić information content (AvgIpc) is 3.21. The van der Waals surface area contributed by atoms with E-state index in [0.717, 1.165) is 22.3 Å². The monoisotopic (exact) mass is 792 g/mol. The summed E-state index contributed by atoms with van der Waals surface area (Å²) in [7, 11) is -4.03. The molecule has 2 aromatic heterocycles. The lowest BCUT2D eigenvalue weighted by molar-refractivity contribution is 0.596. The molecule has 0 saturated heterocycles. The van der Waals surface area contributed by atoms with Crippen LogP contribution in [0.25, 0.3) is 55.2 Å². The minimum absolute atomic E-state index is 0.00486. The van der Waals surface area contributed by atoms with Crippen LogP contribution in [-0.2, 0) is 9.84 Å². The molecular weight excluding hydrogens is 757 g/mol. The van der Waals surface area contributed by atoms with Crippen LogP contribution in [0, 0.1) is 50.4 Å². The zero-order valence-electron chi connectivity index (χ0n) is 32.5. The molecule has 2 heterocycles. The van der Waals surface area contributed by atoms with Gasteiger partial charge in [0.15, 0.2) is 0 Å². The van der Waals surface area contributed by atoms with Gasteiger partial charge in [-0.15, -0.1) is 0 Å². The fourth-order valence-electron chi connectivity index (χ4n) is 7.77. The maximum Gasteiger partial charge on any atom is 0.265 e. The summed E-state index contributed by atoms with van der Waals surface area (Å²) in [4.78, 5) is 28.1. The van der Waals surface area contributed by atoms with Crippen LogP contribution in [0.3, 0.4) is 0 Å². The third-order valence-electron chi connectivity index (χ3n) is 10.8. The van der Waals surface area contributed by atoms with Crippen LogP contribution in [-0.4, -0.2) is 17.6 Å². The number of nitrogen functional groups attached to an aromatic ring is 2. The maximum atomic E-state index is 14.0. The molecule has 11 heteroatoms. The number of aryl methyl sites for hydroxylation is 4. The lowest BCUT2D eigenvalue weighted by Crippen LogP contribution is -2.22. The van der Waals surface area contributed by atoms with Crippen molar-refractivity contribution in [3.63, 3.8) is 0 Å². The number of aromatic nitrogens is 2.